The van der Waals surface area contributed by atoms with Gasteiger partial charge in [0.15, 0.2) is 0 Å². The highest BCUT2D eigenvalue weighted by molar-refractivity contribution is 7.89. The second kappa shape index (κ2) is 9.83. The minimum Gasteiger partial charge on any atom is -0.323 e. The summed E-state index contributed by atoms with van der Waals surface area (Å²) in [6.45, 7) is 4.43. The molecule has 0 bridgehead atoms. The predicted octanol–water partition coefficient (Wildman–Crippen LogP) is 3.44. The number of hydrogen-bond acceptors (Lipinski definition) is 4. The number of amides is 1. The third-order valence-corrected chi connectivity index (χ3v) is 6.22. The molecular formula is C21H23N3O3S. The van der Waals surface area contributed by atoms with E-state index in [2.05, 4.69) is 11.4 Å². The van der Waals surface area contributed by atoms with Gasteiger partial charge in [-0.1, -0.05) is 38.1 Å². The van der Waals surface area contributed by atoms with Crippen LogP contribution >= 0.6 is 0 Å². The molecule has 2 aromatic carbocycles. The Morgan fingerprint density at radius 2 is 1.68 bits per heavy atom. The van der Waals surface area contributed by atoms with Crippen LogP contribution in [0.1, 0.15) is 25.0 Å². The lowest BCUT2D eigenvalue weighted by Crippen LogP contribution is -2.30. The molecule has 28 heavy (non-hydrogen) atoms. The fourth-order valence-corrected chi connectivity index (χ4v) is 4.07. The zero-order valence-electron chi connectivity index (χ0n) is 15.9. The molecular weight excluding hydrogens is 374 g/mol. The molecule has 1 N–H and O–H groups in total. The molecule has 0 aromatic heterocycles. The SMILES string of the molecule is CCN(CC)S(=O)(=O)c1ccc(/C=C/C(=O)Nc2ccc(CC#N)cc2)cc1. The highest BCUT2D eigenvalue weighted by Crippen LogP contribution is 2.17. The van der Waals surface area contributed by atoms with Crippen molar-refractivity contribution in [2.24, 2.45) is 0 Å². The summed E-state index contributed by atoms with van der Waals surface area (Å²) in [6.07, 6.45) is 3.33. The normalized spacial score (nSPS) is 11.5. The van der Waals surface area contributed by atoms with Gasteiger partial charge in [0.05, 0.1) is 17.4 Å². The summed E-state index contributed by atoms with van der Waals surface area (Å²) in [6, 6.07) is 15.5. The third kappa shape index (κ3) is 5.52. The number of nitrogens with zero attached hydrogens (tertiary/aromatic N) is 2. The first kappa shape index (κ1) is 21.4. The zero-order chi connectivity index (χ0) is 20.6. The first-order valence-electron chi connectivity index (χ1n) is 8.95. The molecule has 0 aliphatic carbocycles. The van der Waals surface area contributed by atoms with E-state index in [4.69, 9.17) is 5.26 Å². The first-order chi connectivity index (χ1) is 13.4. The van der Waals surface area contributed by atoms with Gasteiger partial charge in [0, 0.05) is 24.9 Å². The van der Waals surface area contributed by atoms with Gasteiger partial charge < -0.3 is 5.32 Å². The quantitative estimate of drug-likeness (QED) is 0.691. The number of rotatable bonds is 8. The van der Waals surface area contributed by atoms with Gasteiger partial charge in [-0.25, -0.2) is 8.42 Å². The molecule has 0 aliphatic heterocycles. The van der Waals surface area contributed by atoms with Crippen LogP contribution in [0.4, 0.5) is 5.69 Å². The molecule has 1 amide bonds. The van der Waals surface area contributed by atoms with Gasteiger partial charge in [0.2, 0.25) is 15.9 Å². The molecule has 146 valence electrons. The highest BCUT2D eigenvalue weighted by Gasteiger charge is 2.20. The number of sulfonamides is 1. The molecule has 2 rings (SSSR count). The second-order valence-electron chi connectivity index (χ2n) is 6.01. The summed E-state index contributed by atoms with van der Waals surface area (Å²) in [4.78, 5) is 12.3. The van der Waals surface area contributed by atoms with Crippen LogP contribution in [0.3, 0.4) is 0 Å². The number of carbonyl (C=O) groups is 1. The van der Waals surface area contributed by atoms with Crippen LogP contribution in [0, 0.1) is 11.3 Å². The van der Waals surface area contributed by atoms with E-state index in [-0.39, 0.29) is 10.8 Å². The second-order valence-corrected chi connectivity index (χ2v) is 7.95. The van der Waals surface area contributed by atoms with E-state index in [0.29, 0.717) is 25.2 Å². The van der Waals surface area contributed by atoms with E-state index >= 15 is 0 Å². The average Bonchev–Trinajstić information content (AvgIpc) is 2.69. The lowest BCUT2D eigenvalue weighted by Gasteiger charge is -2.18. The molecule has 7 heteroatoms. The van der Waals surface area contributed by atoms with Crippen LogP contribution in [0.25, 0.3) is 6.08 Å². The molecule has 0 fully saturated rings. The van der Waals surface area contributed by atoms with E-state index < -0.39 is 10.0 Å². The Morgan fingerprint density at radius 1 is 1.07 bits per heavy atom. The summed E-state index contributed by atoms with van der Waals surface area (Å²) >= 11 is 0. The Bertz CT molecular complexity index is 969. The Kier molecular flexibility index (Phi) is 7.50. The molecule has 6 nitrogen and oxygen atoms in total. The Morgan fingerprint density at radius 3 is 2.21 bits per heavy atom. The van der Waals surface area contributed by atoms with Gasteiger partial charge in [-0.15, -0.1) is 0 Å². The minimum atomic E-state index is -3.49. The van der Waals surface area contributed by atoms with Crippen molar-refractivity contribution in [3.05, 3.63) is 65.7 Å². The summed E-state index contributed by atoms with van der Waals surface area (Å²) in [5.41, 5.74) is 2.24. The molecule has 0 aliphatic rings. The number of benzene rings is 2. The van der Waals surface area contributed by atoms with Crippen molar-refractivity contribution in [3.8, 4) is 6.07 Å². The highest BCUT2D eigenvalue weighted by atomic mass is 32.2. The van der Waals surface area contributed by atoms with Crippen molar-refractivity contribution < 1.29 is 13.2 Å². The van der Waals surface area contributed by atoms with E-state index in [1.165, 1.54) is 10.4 Å². The fourth-order valence-electron chi connectivity index (χ4n) is 2.62. The molecule has 0 radical (unpaired) electrons. The summed E-state index contributed by atoms with van der Waals surface area (Å²) in [7, 11) is -3.49. The largest absolute Gasteiger partial charge is 0.323 e. The Labute approximate surface area is 166 Å². The maximum absolute atomic E-state index is 12.5. The number of anilines is 1. The average molecular weight is 398 g/mol. The summed E-state index contributed by atoms with van der Waals surface area (Å²) < 4.78 is 26.3. The topological polar surface area (TPSA) is 90.3 Å². The molecule has 0 saturated carbocycles. The molecule has 2 aromatic rings. The van der Waals surface area contributed by atoms with Crippen molar-refractivity contribution >= 4 is 27.7 Å². The first-order valence-corrected chi connectivity index (χ1v) is 10.4. The lowest BCUT2D eigenvalue weighted by molar-refractivity contribution is -0.111. The standard InChI is InChI=1S/C21H23N3O3S/c1-3-24(4-2)28(26,27)20-12-7-17(8-13-20)9-14-21(25)23-19-10-5-18(6-11-19)15-16-22/h5-14H,3-4,15H2,1-2H3,(H,23,25)/b14-9+. The van der Waals surface area contributed by atoms with Crippen LogP contribution in [-0.2, 0) is 21.2 Å². The van der Waals surface area contributed by atoms with Gasteiger partial charge in [-0.3, -0.25) is 4.79 Å². The number of hydrogen-bond donors (Lipinski definition) is 1. The van der Waals surface area contributed by atoms with Crippen molar-refractivity contribution in [1.29, 1.82) is 5.26 Å². The molecule has 0 spiro atoms. The van der Waals surface area contributed by atoms with Crippen LogP contribution in [-0.4, -0.2) is 31.7 Å². The van der Waals surface area contributed by atoms with Crippen LogP contribution in [0.5, 0.6) is 0 Å². The maximum Gasteiger partial charge on any atom is 0.248 e. The van der Waals surface area contributed by atoms with Crippen LogP contribution < -0.4 is 5.32 Å². The minimum absolute atomic E-state index is 0.232. The third-order valence-electron chi connectivity index (χ3n) is 4.16. The number of carbonyl (C=O) groups excluding carboxylic acids is 1. The molecule has 0 unspecified atom stereocenters. The summed E-state index contributed by atoms with van der Waals surface area (Å²) in [5.74, 6) is -0.298. The van der Waals surface area contributed by atoms with Gasteiger partial charge in [0.1, 0.15) is 0 Å². The Hall–Kier alpha value is -2.95. The van der Waals surface area contributed by atoms with Crippen LogP contribution in [0.15, 0.2) is 59.5 Å². The predicted molar refractivity (Wildman–Crippen MR) is 110 cm³/mol. The van der Waals surface area contributed by atoms with Crippen molar-refractivity contribution in [2.75, 3.05) is 18.4 Å². The Balaban J connectivity index is 2.02. The van der Waals surface area contributed by atoms with E-state index in [1.54, 1.807) is 68.5 Å². The molecule has 0 atom stereocenters. The number of nitriles is 1. The van der Waals surface area contributed by atoms with Gasteiger partial charge in [-0.05, 0) is 41.5 Å². The van der Waals surface area contributed by atoms with E-state index in [0.717, 1.165) is 11.1 Å². The zero-order valence-corrected chi connectivity index (χ0v) is 16.7. The van der Waals surface area contributed by atoms with Crippen LogP contribution in [0.2, 0.25) is 0 Å². The molecule has 0 saturated heterocycles. The fraction of sp³-hybridized carbons (Fsp3) is 0.238. The monoisotopic (exact) mass is 397 g/mol. The smallest absolute Gasteiger partial charge is 0.248 e. The van der Waals surface area contributed by atoms with E-state index in [9.17, 15) is 13.2 Å². The van der Waals surface area contributed by atoms with Crippen molar-refractivity contribution in [3.63, 3.8) is 0 Å². The van der Waals surface area contributed by atoms with E-state index in [1.807, 2.05) is 0 Å². The van der Waals surface area contributed by atoms with Gasteiger partial charge >= 0.3 is 0 Å². The number of nitrogens with one attached hydrogen (secondary N) is 1. The molecule has 0 heterocycles. The van der Waals surface area contributed by atoms with Gasteiger partial charge in [-0.2, -0.15) is 9.57 Å². The van der Waals surface area contributed by atoms with Gasteiger partial charge in [0.25, 0.3) is 0 Å². The maximum atomic E-state index is 12.5. The van der Waals surface area contributed by atoms with Crippen molar-refractivity contribution in [2.45, 2.75) is 25.2 Å². The lowest BCUT2D eigenvalue weighted by atomic mass is 10.1. The summed E-state index contributed by atoms with van der Waals surface area (Å²) in [5, 5.41) is 11.4. The van der Waals surface area contributed by atoms with Crippen molar-refractivity contribution in [1.82, 2.24) is 4.31 Å².